The molecule has 0 radical (unpaired) electrons. The second-order valence-corrected chi connectivity index (χ2v) is 16.1. The van der Waals surface area contributed by atoms with E-state index in [1.54, 1.807) is 0 Å². The summed E-state index contributed by atoms with van der Waals surface area (Å²) in [6, 6.07) is 28.6. The first kappa shape index (κ1) is 42.1. The Balaban J connectivity index is 0.00000544. The van der Waals surface area contributed by atoms with Gasteiger partial charge in [0.05, 0.1) is 22.8 Å². The third kappa shape index (κ3) is 7.56. The Bertz CT molecular complexity index is 3170. The number of aromatic nitrogens is 4. The Labute approximate surface area is 382 Å². The third-order valence-electron chi connectivity index (χ3n) is 11.6. The van der Waals surface area contributed by atoms with Crippen LogP contribution in [0.3, 0.4) is 0 Å². The van der Waals surface area contributed by atoms with E-state index in [2.05, 4.69) is 114 Å². The Morgan fingerprint density at radius 2 is 0.635 bits per heavy atom. The van der Waals surface area contributed by atoms with Crippen molar-refractivity contribution in [3.8, 4) is 93.9 Å². The normalized spacial score (nSPS) is 11.3. The van der Waals surface area contributed by atoms with Crippen molar-refractivity contribution in [3.63, 3.8) is 0 Å². The van der Waals surface area contributed by atoms with Gasteiger partial charge in [-0.05, 0) is 169 Å². The maximum Gasteiger partial charge on any atom is 2.00 e. The molecular weight excluding hydrogens is 818 g/mol. The largest absolute Gasteiger partial charge is 2.00 e. The predicted octanol–water partition coefficient (Wildman–Crippen LogP) is 12.4. The number of rotatable bonds is 4. The van der Waals surface area contributed by atoms with Crippen LogP contribution in [0.2, 0.25) is 0 Å². The average molecular weight is 858 g/mol. The van der Waals surface area contributed by atoms with Crippen LogP contribution in [0.15, 0.2) is 84.9 Å². The molecule has 4 aromatic carbocycles. The third-order valence-corrected chi connectivity index (χ3v) is 11.6. The van der Waals surface area contributed by atoms with Gasteiger partial charge in [0.1, 0.15) is 0 Å². The van der Waals surface area contributed by atoms with Crippen LogP contribution in [-0.2, 0) is 19.5 Å². The molecule has 7 aromatic rings. The van der Waals surface area contributed by atoms with Gasteiger partial charge < -0.3 is 9.97 Å². The van der Waals surface area contributed by atoms with Crippen molar-refractivity contribution in [2.45, 2.75) is 41.5 Å². The number of hydrogen-bond acceptors (Lipinski definition) is 2. The minimum atomic E-state index is 0. The smallest absolute Gasteiger partial charge is 0.657 e. The average Bonchev–Trinajstić information content (AvgIpc) is 4.10. The van der Waals surface area contributed by atoms with E-state index in [9.17, 15) is 0 Å². The molecule has 2 aliphatic rings. The molecule has 0 spiro atoms. The summed E-state index contributed by atoms with van der Waals surface area (Å²) < 4.78 is 0. The van der Waals surface area contributed by atoms with Gasteiger partial charge in [-0.2, -0.15) is 0 Å². The summed E-state index contributed by atoms with van der Waals surface area (Å²) >= 11 is 0. The SMILES string of the molecule is C#Cc1cc(C#C)cc(-c2c3nc(c(-c4c(C)cc(C)cc4C)c4ccc([n-]4)c(-c4cc(C#C)cc(C#C)c4)c4nc(c(-c5c(C)cc(C)cc5C)c5ccc2[n-]5)C=C4)C=C3)c1.[Zn+2]. The zero-order valence-electron chi connectivity index (χ0n) is 36.2. The van der Waals surface area contributed by atoms with Crippen LogP contribution in [0.1, 0.15) is 78.4 Å². The standard InChI is InChI=1S/C58H40N4.Zn/c1-11-39-27-40(12-2)30-43(29-39)55-45-15-19-49(59-45)57(53-35(7)23-33(5)24-36(53)8)51-21-17-47(61-51)56(44-31-41(13-3)28-42(14-4)32-44)48-18-22-52(62-48)58(50-20-16-46(55)60-50)54-37(9)25-34(6)26-38(54)10;/h1-4,15-32H,5-10H3;/q-2;+2. The van der Waals surface area contributed by atoms with E-state index >= 15 is 0 Å². The van der Waals surface area contributed by atoms with Crippen molar-refractivity contribution in [1.29, 1.82) is 0 Å². The molecule has 8 bridgehead atoms. The first-order chi connectivity index (χ1) is 30.0. The summed E-state index contributed by atoms with van der Waals surface area (Å²) in [6.07, 6.45) is 32.3. The van der Waals surface area contributed by atoms with Gasteiger partial charge >= 0.3 is 19.5 Å². The molecule has 4 nitrogen and oxygen atoms in total. The molecule has 0 amide bonds. The van der Waals surface area contributed by atoms with Crippen LogP contribution in [0.5, 0.6) is 0 Å². The van der Waals surface area contributed by atoms with E-state index in [0.29, 0.717) is 22.3 Å². The maximum absolute atomic E-state index is 6.02. The van der Waals surface area contributed by atoms with Crippen LogP contribution in [0, 0.1) is 90.9 Å². The van der Waals surface area contributed by atoms with E-state index in [-0.39, 0.29) is 19.5 Å². The number of hydrogen-bond donors (Lipinski definition) is 0. The van der Waals surface area contributed by atoms with Crippen molar-refractivity contribution >= 4 is 46.4 Å². The van der Waals surface area contributed by atoms with E-state index in [0.717, 1.165) is 112 Å². The van der Waals surface area contributed by atoms with Gasteiger partial charge in [0.25, 0.3) is 0 Å². The quantitative estimate of drug-likeness (QED) is 0.131. The fourth-order valence-corrected chi connectivity index (χ4v) is 9.22. The van der Waals surface area contributed by atoms with Crippen molar-refractivity contribution in [2.24, 2.45) is 0 Å². The Kier molecular flexibility index (Phi) is 11.1. The monoisotopic (exact) mass is 856 g/mol. The maximum atomic E-state index is 6.02. The molecule has 0 unspecified atom stereocenters. The van der Waals surface area contributed by atoms with Gasteiger partial charge in [0.15, 0.2) is 0 Å². The molecule has 0 N–H and O–H groups in total. The van der Waals surface area contributed by atoms with Gasteiger partial charge in [0.2, 0.25) is 0 Å². The minimum absolute atomic E-state index is 0. The van der Waals surface area contributed by atoms with Gasteiger partial charge in [0, 0.05) is 22.3 Å². The topological polar surface area (TPSA) is 54.0 Å². The van der Waals surface area contributed by atoms with Crippen LogP contribution in [0.4, 0.5) is 0 Å². The second kappa shape index (κ2) is 16.7. The summed E-state index contributed by atoms with van der Waals surface area (Å²) in [4.78, 5) is 21.8. The van der Waals surface area contributed by atoms with Crippen LogP contribution < -0.4 is 9.97 Å². The van der Waals surface area contributed by atoms with E-state index in [4.69, 9.17) is 45.6 Å². The first-order valence-corrected chi connectivity index (χ1v) is 20.4. The van der Waals surface area contributed by atoms with E-state index in [1.807, 2.05) is 60.7 Å². The molecule has 5 heterocycles. The van der Waals surface area contributed by atoms with Crippen molar-refractivity contribution in [1.82, 2.24) is 19.9 Å². The van der Waals surface area contributed by atoms with Crippen molar-refractivity contribution in [2.75, 3.05) is 0 Å². The number of fused-ring (bicyclic) bond motifs is 8. The summed E-state index contributed by atoms with van der Waals surface area (Å²) in [5, 5.41) is 0. The second-order valence-electron chi connectivity index (χ2n) is 16.1. The molecule has 2 aliphatic heterocycles. The number of benzene rings is 4. The van der Waals surface area contributed by atoms with Gasteiger partial charge in [-0.25, -0.2) is 9.97 Å². The molecule has 0 saturated carbocycles. The molecule has 0 aliphatic carbocycles. The number of terminal acetylenes is 4. The fraction of sp³-hybridized carbons (Fsp3) is 0.103. The molecular formula is C58H40N4Zn. The molecule has 0 saturated heterocycles. The van der Waals surface area contributed by atoms with Gasteiger partial charge in [-0.3, -0.25) is 0 Å². The Morgan fingerprint density at radius 3 is 0.921 bits per heavy atom. The Morgan fingerprint density at radius 1 is 0.365 bits per heavy atom. The zero-order valence-corrected chi connectivity index (χ0v) is 39.2. The summed E-state index contributed by atoms with van der Waals surface area (Å²) in [5.74, 6) is 11.2. The Hall–Kier alpha value is -7.66. The number of aryl methyl sites for hydroxylation is 6. The fourth-order valence-electron chi connectivity index (χ4n) is 9.22. The molecule has 9 rings (SSSR count). The van der Waals surface area contributed by atoms with Crippen LogP contribution >= 0.6 is 0 Å². The predicted molar refractivity (Wildman–Crippen MR) is 259 cm³/mol. The van der Waals surface area contributed by atoms with Crippen molar-refractivity contribution < 1.29 is 19.5 Å². The van der Waals surface area contributed by atoms with Crippen LogP contribution in [-0.4, -0.2) is 9.97 Å². The van der Waals surface area contributed by atoms with Crippen LogP contribution in [0.25, 0.3) is 90.9 Å². The molecule has 294 valence electrons. The summed E-state index contributed by atoms with van der Waals surface area (Å²) in [6.45, 7) is 12.8. The molecule has 3 aromatic heterocycles. The van der Waals surface area contributed by atoms with E-state index < -0.39 is 0 Å². The van der Waals surface area contributed by atoms with E-state index in [1.165, 1.54) is 11.1 Å². The molecule has 0 atom stereocenters. The zero-order chi connectivity index (χ0) is 43.4. The molecule has 63 heavy (non-hydrogen) atoms. The van der Waals surface area contributed by atoms with Gasteiger partial charge in [-0.15, -0.1) is 47.8 Å². The van der Waals surface area contributed by atoms with Gasteiger partial charge in [-0.1, -0.05) is 83.3 Å². The molecule has 0 fully saturated rings. The number of nitrogens with zero attached hydrogens (tertiary/aromatic N) is 4. The minimum Gasteiger partial charge on any atom is -0.657 e. The summed E-state index contributed by atoms with van der Waals surface area (Å²) in [7, 11) is 0. The first-order valence-electron chi connectivity index (χ1n) is 20.4. The van der Waals surface area contributed by atoms with Crippen molar-refractivity contribution in [3.05, 3.63) is 163 Å². The molecule has 5 heteroatoms. The summed E-state index contributed by atoms with van der Waals surface area (Å²) in [5.41, 5.74) is 22.6.